The highest BCUT2D eigenvalue weighted by atomic mass is 32.2. The summed E-state index contributed by atoms with van der Waals surface area (Å²) in [6.45, 7) is -1.84. The number of hydrogen-bond donors (Lipinski definition) is 0. The van der Waals surface area contributed by atoms with Crippen molar-refractivity contribution in [1.29, 1.82) is 0 Å². The summed E-state index contributed by atoms with van der Waals surface area (Å²) in [4.78, 5) is 0. The third-order valence-electron chi connectivity index (χ3n) is 0.589. The Morgan fingerprint density at radius 2 is 1.70 bits per heavy atom. The maximum absolute atomic E-state index is 11.4. The lowest BCUT2D eigenvalue weighted by molar-refractivity contribution is -0.135. The summed E-state index contributed by atoms with van der Waals surface area (Å²) >= 11 is 0.0472. The van der Waals surface area contributed by atoms with E-state index in [0.717, 1.165) is 6.92 Å². The normalized spacial score (nSPS) is 14.7. The molecule has 0 aromatic carbocycles. The van der Waals surface area contributed by atoms with Crippen LogP contribution in [0.1, 0.15) is 6.92 Å². The molecule has 0 radical (unpaired) electrons. The predicted octanol–water partition coefficient (Wildman–Crippen LogP) is 2.53. The second-order valence-electron chi connectivity index (χ2n) is 1.36. The highest BCUT2D eigenvalue weighted by molar-refractivity contribution is 8.00. The van der Waals surface area contributed by atoms with E-state index < -0.39 is 17.8 Å². The standard InChI is InChI=1S/C4H6F4OS/c1-2(9-3(5)6)10-4(7)8/h2-4H,1H3. The van der Waals surface area contributed by atoms with Gasteiger partial charge in [-0.15, -0.1) is 0 Å². The second kappa shape index (κ2) is 4.79. The summed E-state index contributed by atoms with van der Waals surface area (Å²) < 4.78 is 49.0. The van der Waals surface area contributed by atoms with Crippen LogP contribution in [0.3, 0.4) is 0 Å². The van der Waals surface area contributed by atoms with Crippen molar-refractivity contribution in [3.05, 3.63) is 0 Å². The lowest BCUT2D eigenvalue weighted by Crippen LogP contribution is -2.09. The number of thioether (sulfide) groups is 1. The first kappa shape index (κ1) is 10.0. The van der Waals surface area contributed by atoms with Gasteiger partial charge in [0, 0.05) is 0 Å². The average molecular weight is 178 g/mol. The Labute approximate surface area is 59.7 Å². The molecule has 0 amide bonds. The van der Waals surface area contributed by atoms with Gasteiger partial charge < -0.3 is 4.74 Å². The molecule has 1 unspecified atom stereocenters. The molecule has 0 aliphatic heterocycles. The third-order valence-corrected chi connectivity index (χ3v) is 1.29. The summed E-state index contributed by atoms with van der Waals surface area (Å²) in [7, 11) is 0. The van der Waals surface area contributed by atoms with Crippen molar-refractivity contribution in [3.8, 4) is 0 Å². The number of halogens is 4. The van der Waals surface area contributed by atoms with Crippen molar-refractivity contribution in [2.75, 3.05) is 0 Å². The van der Waals surface area contributed by atoms with Gasteiger partial charge in [0.15, 0.2) is 0 Å². The first-order valence-corrected chi connectivity index (χ1v) is 3.34. The van der Waals surface area contributed by atoms with Crippen molar-refractivity contribution >= 4 is 11.8 Å². The van der Waals surface area contributed by atoms with Gasteiger partial charge in [-0.2, -0.15) is 17.6 Å². The quantitative estimate of drug-likeness (QED) is 0.483. The van der Waals surface area contributed by atoms with Gasteiger partial charge in [0.2, 0.25) is 0 Å². The molecule has 0 aliphatic carbocycles. The summed E-state index contributed by atoms with van der Waals surface area (Å²) in [6, 6.07) is 0. The zero-order chi connectivity index (χ0) is 8.15. The second-order valence-corrected chi connectivity index (χ2v) is 2.65. The Balaban J connectivity index is 3.34. The number of hydrogen-bond acceptors (Lipinski definition) is 2. The monoisotopic (exact) mass is 178 g/mol. The highest BCUT2D eigenvalue weighted by Crippen LogP contribution is 2.21. The molecule has 1 atom stereocenters. The van der Waals surface area contributed by atoms with E-state index in [0.29, 0.717) is 0 Å². The molecular weight excluding hydrogens is 172 g/mol. The molecule has 0 rings (SSSR count). The maximum Gasteiger partial charge on any atom is 0.346 e. The topological polar surface area (TPSA) is 9.23 Å². The minimum absolute atomic E-state index is 0.0472. The van der Waals surface area contributed by atoms with E-state index in [1.165, 1.54) is 0 Å². The average Bonchev–Trinajstić information content (AvgIpc) is 1.58. The van der Waals surface area contributed by atoms with Crippen LogP contribution >= 0.6 is 11.8 Å². The Bertz CT molecular complexity index is 79.3. The molecule has 0 fully saturated rings. The molecule has 0 saturated carbocycles. The first-order valence-electron chi connectivity index (χ1n) is 2.39. The molecule has 1 nitrogen and oxygen atoms in total. The van der Waals surface area contributed by atoms with Crippen molar-refractivity contribution in [2.45, 2.75) is 24.7 Å². The minimum Gasteiger partial charge on any atom is -0.309 e. The van der Waals surface area contributed by atoms with Gasteiger partial charge in [-0.05, 0) is 6.92 Å². The number of rotatable bonds is 4. The number of ether oxygens (including phenoxy) is 1. The van der Waals surface area contributed by atoms with E-state index in [2.05, 4.69) is 4.74 Å². The Hall–Kier alpha value is 0.0300. The van der Waals surface area contributed by atoms with Crippen LogP contribution in [0.25, 0.3) is 0 Å². The molecule has 62 valence electrons. The molecule has 0 N–H and O–H groups in total. The van der Waals surface area contributed by atoms with Crippen LogP contribution in [0, 0.1) is 0 Å². The van der Waals surface area contributed by atoms with Crippen LogP contribution in [-0.2, 0) is 4.74 Å². The van der Waals surface area contributed by atoms with Gasteiger partial charge >= 0.3 is 6.61 Å². The molecule has 0 bridgehead atoms. The Morgan fingerprint density at radius 3 is 2.00 bits per heavy atom. The van der Waals surface area contributed by atoms with Crippen molar-refractivity contribution in [3.63, 3.8) is 0 Å². The fourth-order valence-corrected chi connectivity index (χ4v) is 0.760. The van der Waals surface area contributed by atoms with E-state index in [1.54, 1.807) is 0 Å². The van der Waals surface area contributed by atoms with E-state index in [-0.39, 0.29) is 11.8 Å². The third kappa shape index (κ3) is 6.15. The molecule has 0 saturated heterocycles. The minimum atomic E-state index is -2.98. The summed E-state index contributed by atoms with van der Waals surface area (Å²) in [5, 5.41) is 0. The van der Waals surface area contributed by atoms with Crippen LogP contribution in [0.5, 0.6) is 0 Å². The zero-order valence-corrected chi connectivity index (χ0v) is 5.88. The van der Waals surface area contributed by atoms with Gasteiger partial charge in [-0.25, -0.2) is 0 Å². The predicted molar refractivity (Wildman–Crippen MR) is 30.1 cm³/mol. The van der Waals surface area contributed by atoms with Crippen LogP contribution < -0.4 is 0 Å². The SMILES string of the molecule is CC(OC(F)F)SC(F)F. The van der Waals surface area contributed by atoms with Gasteiger partial charge in [-0.3, -0.25) is 0 Å². The van der Waals surface area contributed by atoms with E-state index in [4.69, 9.17) is 0 Å². The van der Waals surface area contributed by atoms with Crippen LogP contribution in [-0.4, -0.2) is 17.8 Å². The van der Waals surface area contributed by atoms with Crippen molar-refractivity contribution in [1.82, 2.24) is 0 Å². The summed E-state index contributed by atoms with van der Waals surface area (Å²) in [5.41, 5.74) is -1.17. The zero-order valence-electron chi connectivity index (χ0n) is 5.06. The molecule has 0 aromatic rings. The van der Waals surface area contributed by atoms with Gasteiger partial charge in [0.05, 0.1) is 0 Å². The molecule has 6 heteroatoms. The molecule has 0 aliphatic rings. The molecule has 0 spiro atoms. The van der Waals surface area contributed by atoms with Crippen LogP contribution in [0.15, 0.2) is 0 Å². The smallest absolute Gasteiger partial charge is 0.309 e. The Kier molecular flexibility index (Phi) is 4.80. The van der Waals surface area contributed by atoms with Gasteiger partial charge in [0.25, 0.3) is 5.76 Å². The summed E-state index contributed by atoms with van der Waals surface area (Å²) in [5.74, 6) is -2.67. The lowest BCUT2D eigenvalue weighted by atomic mass is 10.9. The van der Waals surface area contributed by atoms with Crippen LogP contribution in [0.4, 0.5) is 17.6 Å². The van der Waals surface area contributed by atoms with Crippen molar-refractivity contribution < 1.29 is 22.3 Å². The van der Waals surface area contributed by atoms with E-state index >= 15 is 0 Å². The van der Waals surface area contributed by atoms with Crippen molar-refractivity contribution in [2.24, 2.45) is 0 Å². The van der Waals surface area contributed by atoms with E-state index in [1.807, 2.05) is 0 Å². The largest absolute Gasteiger partial charge is 0.346 e. The lowest BCUT2D eigenvalue weighted by Gasteiger charge is -2.09. The highest BCUT2D eigenvalue weighted by Gasteiger charge is 2.14. The fraction of sp³-hybridized carbons (Fsp3) is 1.00. The van der Waals surface area contributed by atoms with Gasteiger partial charge in [0.1, 0.15) is 5.44 Å². The van der Waals surface area contributed by atoms with E-state index in [9.17, 15) is 17.6 Å². The fourth-order valence-electron chi connectivity index (χ4n) is 0.322. The molecule has 10 heavy (non-hydrogen) atoms. The Morgan fingerprint density at radius 1 is 1.20 bits per heavy atom. The maximum atomic E-state index is 11.4. The molecular formula is C4H6F4OS. The molecule has 0 aromatic heterocycles. The summed E-state index contributed by atoms with van der Waals surface area (Å²) in [6.07, 6.45) is 0. The number of alkyl halides is 4. The first-order chi connectivity index (χ1) is 4.52. The van der Waals surface area contributed by atoms with Gasteiger partial charge in [-0.1, -0.05) is 11.8 Å². The molecule has 0 heterocycles. The van der Waals surface area contributed by atoms with Crippen LogP contribution in [0.2, 0.25) is 0 Å².